The zero-order chi connectivity index (χ0) is 22.4. The van der Waals surface area contributed by atoms with Crippen LogP contribution in [0.15, 0.2) is 42.5 Å². The predicted molar refractivity (Wildman–Crippen MR) is 126 cm³/mol. The molecule has 0 spiro atoms. The van der Waals surface area contributed by atoms with E-state index in [1.807, 2.05) is 38.1 Å². The average molecular weight is 461 g/mol. The molecule has 1 fully saturated rings. The minimum absolute atomic E-state index is 0.101. The van der Waals surface area contributed by atoms with Crippen LogP contribution in [0.3, 0.4) is 0 Å². The van der Waals surface area contributed by atoms with Crippen LogP contribution in [0.5, 0.6) is 0 Å². The van der Waals surface area contributed by atoms with Crippen molar-refractivity contribution in [1.29, 1.82) is 0 Å². The van der Waals surface area contributed by atoms with Gasteiger partial charge >= 0.3 is 0 Å². The molecule has 0 aromatic heterocycles. The summed E-state index contributed by atoms with van der Waals surface area (Å²) in [5, 5.41) is 4.14. The van der Waals surface area contributed by atoms with Crippen molar-refractivity contribution in [2.75, 3.05) is 0 Å². The number of hydrogen-bond donors (Lipinski definition) is 1. The van der Waals surface area contributed by atoms with Crippen molar-refractivity contribution in [1.82, 2.24) is 10.2 Å². The first-order valence-electron chi connectivity index (χ1n) is 11.0. The van der Waals surface area contributed by atoms with Gasteiger partial charge in [0.15, 0.2) is 0 Å². The average Bonchev–Trinajstić information content (AvgIpc) is 3.24. The van der Waals surface area contributed by atoms with Crippen LogP contribution in [0.1, 0.15) is 55.7 Å². The summed E-state index contributed by atoms with van der Waals surface area (Å²) in [5.41, 5.74) is 2.67. The zero-order valence-electron chi connectivity index (χ0n) is 18.2. The predicted octanol–water partition coefficient (Wildman–Crippen LogP) is 5.71. The van der Waals surface area contributed by atoms with E-state index in [0.29, 0.717) is 22.0 Å². The summed E-state index contributed by atoms with van der Waals surface area (Å²) in [4.78, 5) is 28.3. The van der Waals surface area contributed by atoms with E-state index in [4.69, 9.17) is 23.2 Å². The van der Waals surface area contributed by atoms with Crippen LogP contribution >= 0.6 is 23.2 Å². The summed E-state index contributed by atoms with van der Waals surface area (Å²) in [6.45, 7) is 4.11. The molecule has 0 heterocycles. The van der Waals surface area contributed by atoms with E-state index in [1.165, 1.54) is 0 Å². The quantitative estimate of drug-likeness (QED) is 0.548. The third kappa shape index (κ3) is 6.02. The van der Waals surface area contributed by atoms with Crippen molar-refractivity contribution in [2.24, 2.45) is 0 Å². The molecule has 2 amide bonds. The molecule has 0 unspecified atom stereocenters. The Morgan fingerprint density at radius 1 is 1.06 bits per heavy atom. The number of nitrogens with one attached hydrogen (secondary N) is 1. The van der Waals surface area contributed by atoms with Crippen LogP contribution in [0.25, 0.3) is 0 Å². The molecule has 0 bridgehead atoms. The molecule has 31 heavy (non-hydrogen) atoms. The number of carbonyl (C=O) groups excluding carboxylic acids is 2. The van der Waals surface area contributed by atoms with Gasteiger partial charge in [-0.2, -0.15) is 0 Å². The van der Waals surface area contributed by atoms with E-state index in [-0.39, 0.29) is 30.8 Å². The Balaban J connectivity index is 1.88. The van der Waals surface area contributed by atoms with E-state index >= 15 is 0 Å². The first-order valence-corrected chi connectivity index (χ1v) is 11.7. The Labute approximate surface area is 194 Å². The van der Waals surface area contributed by atoms with Gasteiger partial charge in [0.05, 0.1) is 6.42 Å². The van der Waals surface area contributed by atoms with Crippen molar-refractivity contribution >= 4 is 35.0 Å². The van der Waals surface area contributed by atoms with Gasteiger partial charge < -0.3 is 10.2 Å². The van der Waals surface area contributed by atoms with Gasteiger partial charge in [-0.05, 0) is 49.4 Å². The Kier molecular flexibility index (Phi) is 8.39. The summed E-state index contributed by atoms with van der Waals surface area (Å²) in [5.74, 6) is -0.214. The highest BCUT2D eigenvalue weighted by atomic mass is 35.5. The minimum atomic E-state index is -0.579. The molecule has 1 atom stereocenters. The lowest BCUT2D eigenvalue weighted by molar-refractivity contribution is -0.141. The fourth-order valence-corrected chi connectivity index (χ4v) is 4.73. The molecule has 2 aromatic rings. The van der Waals surface area contributed by atoms with Crippen LogP contribution in [0.2, 0.25) is 10.0 Å². The molecule has 1 aliphatic rings. The number of hydrogen-bond acceptors (Lipinski definition) is 2. The van der Waals surface area contributed by atoms with Crippen LogP contribution in [-0.2, 0) is 22.6 Å². The van der Waals surface area contributed by atoms with E-state index in [9.17, 15) is 9.59 Å². The normalized spacial score (nSPS) is 15.0. The van der Waals surface area contributed by atoms with Crippen LogP contribution in [0.4, 0.5) is 0 Å². The number of halogens is 2. The van der Waals surface area contributed by atoms with Crippen molar-refractivity contribution in [3.63, 3.8) is 0 Å². The molecule has 1 saturated carbocycles. The largest absolute Gasteiger partial charge is 0.352 e. The van der Waals surface area contributed by atoms with Crippen molar-refractivity contribution in [2.45, 2.75) is 71.0 Å². The van der Waals surface area contributed by atoms with Gasteiger partial charge in [0.1, 0.15) is 6.04 Å². The van der Waals surface area contributed by atoms with Gasteiger partial charge in [-0.3, -0.25) is 9.59 Å². The molecule has 3 rings (SSSR count). The van der Waals surface area contributed by atoms with E-state index in [0.717, 1.165) is 36.8 Å². The second-order valence-corrected chi connectivity index (χ2v) is 9.05. The third-order valence-corrected chi connectivity index (χ3v) is 6.79. The highest BCUT2D eigenvalue weighted by molar-refractivity contribution is 6.36. The maximum atomic E-state index is 13.5. The molecular formula is C25H30Cl2N2O2. The molecule has 2 aromatic carbocycles. The number of benzene rings is 2. The SMILES string of the molecule is CC[C@H](C(=O)NC1CCCC1)N(Cc1c(Cl)cccc1Cl)C(=O)Cc1ccccc1C. The number of aryl methyl sites for hydroxylation is 1. The Hall–Kier alpha value is -2.04. The third-order valence-electron chi connectivity index (χ3n) is 6.08. The van der Waals surface area contributed by atoms with Gasteiger partial charge in [-0.1, -0.05) is 73.3 Å². The molecule has 6 heteroatoms. The second kappa shape index (κ2) is 11.0. The van der Waals surface area contributed by atoms with E-state index < -0.39 is 6.04 Å². The molecule has 1 aliphatic carbocycles. The van der Waals surface area contributed by atoms with Crippen molar-refractivity contribution in [3.8, 4) is 0 Å². The van der Waals surface area contributed by atoms with Crippen molar-refractivity contribution in [3.05, 3.63) is 69.2 Å². The molecule has 0 aliphatic heterocycles. The monoisotopic (exact) mass is 460 g/mol. The molecule has 0 saturated heterocycles. The Morgan fingerprint density at radius 3 is 2.32 bits per heavy atom. The van der Waals surface area contributed by atoms with Gasteiger partial charge in [-0.25, -0.2) is 0 Å². The summed E-state index contributed by atoms with van der Waals surface area (Å²) in [7, 11) is 0. The lowest BCUT2D eigenvalue weighted by Gasteiger charge is -2.32. The lowest BCUT2D eigenvalue weighted by Crippen LogP contribution is -2.51. The van der Waals surface area contributed by atoms with Crippen LogP contribution in [0, 0.1) is 6.92 Å². The molecular weight excluding hydrogens is 431 g/mol. The number of nitrogens with zero attached hydrogens (tertiary/aromatic N) is 1. The molecule has 1 N–H and O–H groups in total. The van der Waals surface area contributed by atoms with Gasteiger partial charge in [-0.15, -0.1) is 0 Å². The zero-order valence-corrected chi connectivity index (χ0v) is 19.7. The second-order valence-electron chi connectivity index (χ2n) is 8.24. The summed E-state index contributed by atoms with van der Waals surface area (Å²) >= 11 is 12.8. The molecule has 4 nitrogen and oxygen atoms in total. The van der Waals surface area contributed by atoms with Gasteiger partial charge in [0.2, 0.25) is 11.8 Å². The fraction of sp³-hybridized carbons (Fsp3) is 0.440. The highest BCUT2D eigenvalue weighted by Gasteiger charge is 2.31. The smallest absolute Gasteiger partial charge is 0.243 e. The lowest BCUT2D eigenvalue weighted by atomic mass is 10.0. The Bertz CT molecular complexity index is 905. The van der Waals surface area contributed by atoms with E-state index in [2.05, 4.69) is 5.32 Å². The summed E-state index contributed by atoms with van der Waals surface area (Å²) in [6.07, 6.45) is 4.99. The van der Waals surface area contributed by atoms with Crippen LogP contribution in [-0.4, -0.2) is 28.8 Å². The van der Waals surface area contributed by atoms with Gasteiger partial charge in [0.25, 0.3) is 0 Å². The maximum absolute atomic E-state index is 13.5. The molecule has 0 radical (unpaired) electrons. The number of rotatable bonds is 8. The van der Waals surface area contributed by atoms with E-state index in [1.54, 1.807) is 23.1 Å². The minimum Gasteiger partial charge on any atom is -0.352 e. The molecule has 166 valence electrons. The topological polar surface area (TPSA) is 49.4 Å². The Morgan fingerprint density at radius 2 is 1.71 bits per heavy atom. The number of amides is 2. The fourth-order valence-electron chi connectivity index (χ4n) is 4.21. The number of carbonyl (C=O) groups is 2. The van der Waals surface area contributed by atoms with Crippen molar-refractivity contribution < 1.29 is 9.59 Å². The first-order chi connectivity index (χ1) is 14.9. The van der Waals surface area contributed by atoms with Gasteiger partial charge in [0, 0.05) is 28.2 Å². The highest BCUT2D eigenvalue weighted by Crippen LogP contribution is 2.28. The maximum Gasteiger partial charge on any atom is 0.243 e. The van der Waals surface area contributed by atoms with Crippen LogP contribution < -0.4 is 5.32 Å². The summed E-state index contributed by atoms with van der Waals surface area (Å²) in [6, 6.07) is 12.7. The first kappa shape index (κ1) is 23.6. The summed E-state index contributed by atoms with van der Waals surface area (Å²) < 4.78 is 0. The standard InChI is InChI=1S/C25H30Cl2N2O2/c1-3-23(25(31)28-19-11-6-7-12-19)29(16-20-21(26)13-8-14-22(20)27)24(30)15-18-10-5-4-9-17(18)2/h4-5,8-10,13-14,19,23H,3,6-7,11-12,15-16H2,1-2H3,(H,28,31)/t23-/m1/s1.